The average molecular weight is 435 g/mol. The number of methoxy groups -OCH3 is 1. The highest BCUT2D eigenvalue weighted by Crippen LogP contribution is 2.26. The summed E-state index contributed by atoms with van der Waals surface area (Å²) in [5.74, 6) is -0.00210. The number of ether oxygens (including phenoxy) is 1. The first-order chi connectivity index (χ1) is 15.5. The van der Waals surface area contributed by atoms with Crippen LogP contribution in [0, 0.1) is 0 Å². The van der Waals surface area contributed by atoms with E-state index < -0.39 is 12.1 Å². The van der Waals surface area contributed by atoms with Gasteiger partial charge in [0.25, 0.3) is 5.91 Å². The Morgan fingerprint density at radius 3 is 2.59 bits per heavy atom. The van der Waals surface area contributed by atoms with Crippen LogP contribution < -0.4 is 15.0 Å². The number of nitrogens with zero attached hydrogens (tertiary/aromatic N) is 4. The van der Waals surface area contributed by atoms with Crippen LogP contribution in [-0.2, 0) is 22.6 Å². The molecular weight excluding hydrogens is 414 g/mol. The summed E-state index contributed by atoms with van der Waals surface area (Å²) >= 11 is 0. The van der Waals surface area contributed by atoms with Crippen LogP contribution in [-0.4, -0.2) is 46.0 Å². The van der Waals surface area contributed by atoms with E-state index in [4.69, 9.17) is 9.26 Å². The molecule has 2 aromatic carbocycles. The number of aromatic nitrogens is 2. The Balaban J connectivity index is 1.41. The molecule has 0 aliphatic carbocycles. The number of carbonyl (C=O) groups is 3. The predicted molar refractivity (Wildman–Crippen MR) is 114 cm³/mol. The van der Waals surface area contributed by atoms with Crippen molar-refractivity contribution in [1.29, 1.82) is 0 Å². The highest BCUT2D eigenvalue weighted by Gasteiger charge is 2.43. The van der Waals surface area contributed by atoms with Crippen molar-refractivity contribution >= 4 is 29.2 Å². The molecule has 0 bridgehead atoms. The van der Waals surface area contributed by atoms with Gasteiger partial charge < -0.3 is 14.6 Å². The van der Waals surface area contributed by atoms with Crippen LogP contribution in [0.25, 0.3) is 0 Å². The topological polar surface area (TPSA) is 118 Å². The van der Waals surface area contributed by atoms with Crippen molar-refractivity contribution in [2.45, 2.75) is 25.9 Å². The van der Waals surface area contributed by atoms with Crippen LogP contribution in [0.2, 0.25) is 0 Å². The van der Waals surface area contributed by atoms with Gasteiger partial charge in [0.15, 0.2) is 5.82 Å². The van der Waals surface area contributed by atoms with E-state index in [2.05, 4.69) is 15.5 Å². The molecule has 1 unspecified atom stereocenters. The van der Waals surface area contributed by atoms with Crippen molar-refractivity contribution in [2.75, 3.05) is 17.3 Å². The van der Waals surface area contributed by atoms with E-state index in [0.717, 1.165) is 4.90 Å². The molecule has 4 rings (SSSR count). The second-order valence-corrected chi connectivity index (χ2v) is 7.12. The summed E-state index contributed by atoms with van der Waals surface area (Å²) in [5.41, 5.74) is 1.15. The summed E-state index contributed by atoms with van der Waals surface area (Å²) < 4.78 is 10.4. The number of amides is 4. The minimum atomic E-state index is -0.654. The molecule has 1 aromatic heterocycles. The third-order valence-electron chi connectivity index (χ3n) is 4.99. The van der Waals surface area contributed by atoms with Gasteiger partial charge in [0.2, 0.25) is 11.8 Å². The van der Waals surface area contributed by atoms with Crippen molar-refractivity contribution in [2.24, 2.45) is 0 Å². The van der Waals surface area contributed by atoms with Gasteiger partial charge in [-0.25, -0.2) is 4.79 Å². The van der Waals surface area contributed by atoms with Crippen molar-refractivity contribution in [3.63, 3.8) is 0 Å². The summed E-state index contributed by atoms with van der Waals surface area (Å²) in [6.07, 6.45) is -0.143. The number of hydrogen-bond acceptors (Lipinski definition) is 7. The molecular formula is C22H21N5O5. The second-order valence-electron chi connectivity index (χ2n) is 7.12. The van der Waals surface area contributed by atoms with Crippen molar-refractivity contribution in [3.05, 3.63) is 66.3 Å². The van der Waals surface area contributed by atoms with Gasteiger partial charge >= 0.3 is 6.03 Å². The Kier molecular flexibility index (Phi) is 5.84. The van der Waals surface area contributed by atoms with E-state index in [1.165, 1.54) is 12.0 Å². The van der Waals surface area contributed by atoms with Crippen molar-refractivity contribution in [1.82, 2.24) is 15.0 Å². The Labute approximate surface area is 183 Å². The fourth-order valence-corrected chi connectivity index (χ4v) is 3.44. The molecule has 1 N–H and O–H groups in total. The SMILES string of the molecule is COc1ccccc1NC(=O)Cc1noc(CN2C(=O)C(C)N(c3ccccc3)C2=O)n1. The molecule has 1 atom stereocenters. The number of anilines is 2. The van der Waals surface area contributed by atoms with Gasteiger partial charge in [0, 0.05) is 5.69 Å². The van der Waals surface area contributed by atoms with E-state index in [1.807, 2.05) is 6.07 Å². The summed E-state index contributed by atoms with van der Waals surface area (Å²) in [5, 5.41) is 6.51. The van der Waals surface area contributed by atoms with Gasteiger partial charge in [0.05, 0.1) is 19.2 Å². The zero-order chi connectivity index (χ0) is 22.7. The Morgan fingerprint density at radius 1 is 1.12 bits per heavy atom. The summed E-state index contributed by atoms with van der Waals surface area (Å²) in [4.78, 5) is 44.5. The Bertz CT molecular complexity index is 1150. The molecule has 1 saturated heterocycles. The fourth-order valence-electron chi connectivity index (χ4n) is 3.44. The van der Waals surface area contributed by atoms with E-state index in [1.54, 1.807) is 55.5 Å². The molecule has 2 heterocycles. The average Bonchev–Trinajstić information content (AvgIpc) is 3.32. The van der Waals surface area contributed by atoms with E-state index >= 15 is 0 Å². The highest BCUT2D eigenvalue weighted by molar-refractivity contribution is 6.13. The first-order valence-electron chi connectivity index (χ1n) is 9.92. The molecule has 164 valence electrons. The number of hydrogen-bond donors (Lipinski definition) is 1. The summed E-state index contributed by atoms with van der Waals surface area (Å²) in [6.45, 7) is 1.49. The van der Waals surface area contributed by atoms with Crippen LogP contribution in [0.3, 0.4) is 0 Å². The van der Waals surface area contributed by atoms with E-state index in [9.17, 15) is 14.4 Å². The molecule has 0 radical (unpaired) electrons. The lowest BCUT2D eigenvalue weighted by molar-refractivity contribution is -0.127. The number of nitrogens with one attached hydrogen (secondary N) is 1. The minimum Gasteiger partial charge on any atom is -0.495 e. The van der Waals surface area contributed by atoms with Crippen LogP contribution in [0.4, 0.5) is 16.2 Å². The molecule has 1 aliphatic heterocycles. The zero-order valence-electron chi connectivity index (χ0n) is 17.5. The molecule has 3 aromatic rings. The normalized spacial score (nSPS) is 15.9. The standard InChI is InChI=1S/C22H21N5O5/c1-14-21(29)26(22(30)27(14)15-8-4-3-5-9-15)13-20-24-18(25-32-20)12-19(28)23-16-10-6-7-11-17(16)31-2/h3-11,14H,12-13H2,1-2H3,(H,23,28). The molecule has 32 heavy (non-hydrogen) atoms. The van der Waals surface area contributed by atoms with E-state index in [-0.39, 0.29) is 36.5 Å². The van der Waals surface area contributed by atoms with Crippen LogP contribution in [0.5, 0.6) is 5.75 Å². The molecule has 1 aliphatic rings. The number of benzene rings is 2. The molecule has 0 saturated carbocycles. The van der Waals surface area contributed by atoms with Crippen LogP contribution in [0.15, 0.2) is 59.1 Å². The van der Waals surface area contributed by atoms with Gasteiger partial charge in [-0.15, -0.1) is 0 Å². The third kappa shape index (κ3) is 4.15. The summed E-state index contributed by atoms with van der Waals surface area (Å²) in [6, 6.07) is 14.8. The first-order valence-corrected chi connectivity index (χ1v) is 9.92. The number of imide groups is 1. The maximum atomic E-state index is 12.8. The van der Waals surface area contributed by atoms with Gasteiger partial charge in [0.1, 0.15) is 18.3 Å². The number of urea groups is 1. The second kappa shape index (κ2) is 8.88. The molecule has 10 nitrogen and oxygen atoms in total. The monoisotopic (exact) mass is 435 g/mol. The maximum Gasteiger partial charge on any atom is 0.332 e. The number of rotatable bonds is 7. The minimum absolute atomic E-state index is 0.0638. The molecule has 1 fully saturated rings. The highest BCUT2D eigenvalue weighted by atomic mass is 16.5. The van der Waals surface area contributed by atoms with Crippen LogP contribution in [0.1, 0.15) is 18.6 Å². The fraction of sp³-hybridized carbons (Fsp3) is 0.227. The number of para-hydroxylation sites is 3. The largest absolute Gasteiger partial charge is 0.495 e. The Morgan fingerprint density at radius 2 is 1.84 bits per heavy atom. The predicted octanol–water partition coefficient (Wildman–Crippen LogP) is 2.62. The number of carbonyl (C=O) groups excluding carboxylic acids is 3. The van der Waals surface area contributed by atoms with Crippen LogP contribution >= 0.6 is 0 Å². The van der Waals surface area contributed by atoms with Crippen molar-refractivity contribution < 1.29 is 23.6 Å². The van der Waals surface area contributed by atoms with Gasteiger partial charge in [-0.05, 0) is 31.2 Å². The zero-order valence-corrected chi connectivity index (χ0v) is 17.5. The molecule has 10 heteroatoms. The third-order valence-corrected chi connectivity index (χ3v) is 4.99. The lowest BCUT2D eigenvalue weighted by atomic mass is 10.2. The van der Waals surface area contributed by atoms with E-state index in [0.29, 0.717) is 17.1 Å². The maximum absolute atomic E-state index is 12.8. The van der Waals surface area contributed by atoms with Gasteiger partial charge in [-0.1, -0.05) is 35.5 Å². The lowest BCUT2D eigenvalue weighted by Crippen LogP contribution is -2.33. The Hall–Kier alpha value is -4.21. The smallest absolute Gasteiger partial charge is 0.332 e. The lowest BCUT2D eigenvalue weighted by Gasteiger charge is -2.18. The molecule has 4 amide bonds. The van der Waals surface area contributed by atoms with Crippen molar-refractivity contribution in [3.8, 4) is 5.75 Å². The van der Waals surface area contributed by atoms with Gasteiger partial charge in [-0.2, -0.15) is 4.98 Å². The summed E-state index contributed by atoms with van der Waals surface area (Å²) in [7, 11) is 1.51. The molecule has 0 spiro atoms. The quantitative estimate of drug-likeness (QED) is 0.567. The first kappa shape index (κ1) is 21.0. The van der Waals surface area contributed by atoms with Gasteiger partial charge in [-0.3, -0.25) is 19.4 Å².